The Hall–Kier alpha value is -1.19. The van der Waals surface area contributed by atoms with Crippen molar-refractivity contribution in [3.05, 3.63) is 58.7 Å². The Kier molecular flexibility index (Phi) is 10.8. The van der Waals surface area contributed by atoms with Crippen molar-refractivity contribution in [1.29, 1.82) is 0 Å². The molecular formula is C20H26MgO2. The first-order valence-electron chi connectivity index (χ1n) is 8.14. The molecule has 0 saturated heterocycles. The summed E-state index contributed by atoms with van der Waals surface area (Å²) < 4.78 is 0. The normalized spacial score (nSPS) is 9.57. The minimum atomic E-state index is 0. The van der Waals surface area contributed by atoms with Crippen LogP contribution in [0.4, 0.5) is 0 Å². The molecular weight excluding hydrogens is 297 g/mol. The summed E-state index contributed by atoms with van der Waals surface area (Å²) in [6, 6.07) is 11.0. The summed E-state index contributed by atoms with van der Waals surface area (Å²) in [4.78, 5) is 0. The van der Waals surface area contributed by atoms with E-state index < -0.39 is 0 Å². The summed E-state index contributed by atoms with van der Waals surface area (Å²) in [6.07, 6.45) is 3.62. The van der Waals surface area contributed by atoms with E-state index in [1.807, 2.05) is 38.1 Å². The van der Waals surface area contributed by atoms with E-state index in [0.29, 0.717) is 0 Å². The SMILES string of the molecule is CCc1cccc([O-])c1CC.CCc1cccc([O-])c1CC.[Mg+2]. The first kappa shape index (κ1) is 21.8. The minimum absolute atomic E-state index is 0. The molecule has 23 heavy (non-hydrogen) atoms. The summed E-state index contributed by atoms with van der Waals surface area (Å²) in [6.45, 7) is 8.20. The number of hydrogen-bond acceptors (Lipinski definition) is 2. The minimum Gasteiger partial charge on any atom is -0.872 e. The van der Waals surface area contributed by atoms with Crippen molar-refractivity contribution in [2.24, 2.45) is 0 Å². The zero-order chi connectivity index (χ0) is 16.5. The van der Waals surface area contributed by atoms with Gasteiger partial charge in [0.25, 0.3) is 0 Å². The molecule has 0 heterocycles. The van der Waals surface area contributed by atoms with Crippen LogP contribution >= 0.6 is 0 Å². The number of rotatable bonds is 4. The molecule has 0 bridgehead atoms. The van der Waals surface area contributed by atoms with Gasteiger partial charge in [0.15, 0.2) is 0 Å². The van der Waals surface area contributed by atoms with Crippen LogP contribution in [0.25, 0.3) is 0 Å². The summed E-state index contributed by atoms with van der Waals surface area (Å²) in [5.74, 6) is 0.374. The molecule has 0 saturated carbocycles. The molecule has 0 N–H and O–H groups in total. The van der Waals surface area contributed by atoms with Crippen LogP contribution in [0.5, 0.6) is 11.5 Å². The second kappa shape index (κ2) is 11.4. The average molecular weight is 323 g/mol. The molecule has 0 aromatic heterocycles. The third-order valence-corrected chi connectivity index (χ3v) is 3.93. The van der Waals surface area contributed by atoms with Crippen LogP contribution in [-0.4, -0.2) is 23.1 Å². The Morgan fingerprint density at radius 3 is 1.17 bits per heavy atom. The van der Waals surface area contributed by atoms with E-state index >= 15 is 0 Å². The van der Waals surface area contributed by atoms with Crippen LogP contribution in [0.3, 0.4) is 0 Å². The quantitative estimate of drug-likeness (QED) is 0.810. The van der Waals surface area contributed by atoms with E-state index in [4.69, 9.17) is 0 Å². The van der Waals surface area contributed by atoms with Crippen molar-refractivity contribution < 1.29 is 10.2 Å². The number of hydrogen-bond donors (Lipinski definition) is 0. The van der Waals surface area contributed by atoms with E-state index in [0.717, 1.165) is 36.8 Å². The smallest absolute Gasteiger partial charge is 0.872 e. The first-order valence-corrected chi connectivity index (χ1v) is 8.14. The van der Waals surface area contributed by atoms with Crippen molar-refractivity contribution in [2.75, 3.05) is 0 Å². The van der Waals surface area contributed by atoms with Crippen LogP contribution in [0, 0.1) is 0 Å². The summed E-state index contributed by atoms with van der Waals surface area (Å²) in [5, 5.41) is 22.5. The van der Waals surface area contributed by atoms with Gasteiger partial charge in [0, 0.05) is 0 Å². The van der Waals surface area contributed by atoms with Gasteiger partial charge >= 0.3 is 23.1 Å². The maximum Gasteiger partial charge on any atom is 2.00 e. The van der Waals surface area contributed by atoms with E-state index in [9.17, 15) is 10.2 Å². The largest absolute Gasteiger partial charge is 2.00 e. The molecule has 0 spiro atoms. The van der Waals surface area contributed by atoms with Crippen molar-refractivity contribution in [3.63, 3.8) is 0 Å². The van der Waals surface area contributed by atoms with Gasteiger partial charge in [-0.2, -0.15) is 0 Å². The van der Waals surface area contributed by atoms with Gasteiger partial charge in [-0.05, 0) is 36.8 Å². The fourth-order valence-electron chi connectivity index (χ4n) is 2.69. The predicted molar refractivity (Wildman–Crippen MR) is 95.0 cm³/mol. The average Bonchev–Trinajstić information content (AvgIpc) is 2.54. The number of aryl methyl sites for hydroxylation is 2. The van der Waals surface area contributed by atoms with Crippen molar-refractivity contribution >= 4 is 23.1 Å². The van der Waals surface area contributed by atoms with Crippen LogP contribution in [0.1, 0.15) is 49.9 Å². The van der Waals surface area contributed by atoms with Gasteiger partial charge in [0.1, 0.15) is 0 Å². The van der Waals surface area contributed by atoms with Crippen molar-refractivity contribution in [3.8, 4) is 11.5 Å². The zero-order valence-corrected chi connectivity index (χ0v) is 16.2. The summed E-state index contributed by atoms with van der Waals surface area (Å²) in [5.41, 5.74) is 4.35. The second-order valence-corrected chi connectivity index (χ2v) is 5.20. The summed E-state index contributed by atoms with van der Waals surface area (Å²) in [7, 11) is 0. The third-order valence-electron chi connectivity index (χ3n) is 3.93. The predicted octanol–water partition coefficient (Wildman–Crippen LogP) is 3.39. The molecule has 0 fully saturated rings. The van der Waals surface area contributed by atoms with Crippen LogP contribution in [0.15, 0.2) is 36.4 Å². The molecule has 3 heteroatoms. The van der Waals surface area contributed by atoms with E-state index in [2.05, 4.69) is 13.8 Å². The van der Waals surface area contributed by atoms with Gasteiger partial charge < -0.3 is 10.2 Å². The molecule has 2 aromatic rings. The molecule has 0 aliphatic heterocycles. The Morgan fingerprint density at radius 2 is 0.957 bits per heavy atom. The first-order chi connectivity index (χ1) is 10.6. The molecule has 0 atom stereocenters. The fraction of sp³-hybridized carbons (Fsp3) is 0.400. The topological polar surface area (TPSA) is 46.1 Å². The molecule has 120 valence electrons. The van der Waals surface area contributed by atoms with Gasteiger partial charge in [-0.25, -0.2) is 0 Å². The Labute approximate surface area is 156 Å². The zero-order valence-electron chi connectivity index (χ0n) is 14.8. The Bertz CT molecular complexity index is 541. The molecule has 0 unspecified atom stereocenters. The van der Waals surface area contributed by atoms with E-state index in [-0.39, 0.29) is 34.6 Å². The molecule has 2 rings (SSSR count). The fourth-order valence-corrected chi connectivity index (χ4v) is 2.69. The maximum absolute atomic E-state index is 11.2. The Balaban J connectivity index is 0.000000403. The monoisotopic (exact) mass is 322 g/mol. The van der Waals surface area contributed by atoms with Crippen LogP contribution < -0.4 is 10.2 Å². The van der Waals surface area contributed by atoms with Gasteiger partial charge in [0.05, 0.1) is 0 Å². The van der Waals surface area contributed by atoms with E-state index in [1.54, 1.807) is 12.1 Å². The molecule has 2 aromatic carbocycles. The Morgan fingerprint density at radius 1 is 0.609 bits per heavy atom. The van der Waals surface area contributed by atoms with Gasteiger partial charge in [-0.15, -0.1) is 11.5 Å². The van der Waals surface area contributed by atoms with Gasteiger partial charge in [0.2, 0.25) is 0 Å². The van der Waals surface area contributed by atoms with Crippen LogP contribution in [-0.2, 0) is 25.7 Å². The molecule has 0 radical (unpaired) electrons. The van der Waals surface area contributed by atoms with E-state index in [1.165, 1.54) is 11.1 Å². The standard InChI is InChI=1S/2C10H14O.Mg/c2*1-3-8-6-5-7-10(11)9(8)4-2;/h2*5-7,11H,3-4H2,1-2H3;/q;;+2/p-2. The third kappa shape index (κ3) is 6.07. The van der Waals surface area contributed by atoms with Crippen molar-refractivity contribution in [1.82, 2.24) is 0 Å². The molecule has 0 aliphatic rings. The van der Waals surface area contributed by atoms with Crippen molar-refractivity contribution in [2.45, 2.75) is 53.4 Å². The molecule has 2 nitrogen and oxygen atoms in total. The van der Waals surface area contributed by atoms with Gasteiger partial charge in [-0.1, -0.05) is 75.2 Å². The number of benzene rings is 2. The van der Waals surface area contributed by atoms with Crippen LogP contribution in [0.2, 0.25) is 0 Å². The molecule has 0 amide bonds. The second-order valence-electron chi connectivity index (χ2n) is 5.20. The maximum atomic E-state index is 11.2. The molecule has 0 aliphatic carbocycles. The van der Waals surface area contributed by atoms with Gasteiger partial charge in [-0.3, -0.25) is 0 Å². The summed E-state index contributed by atoms with van der Waals surface area (Å²) >= 11 is 0.